The van der Waals surface area contributed by atoms with Crippen LogP contribution in [0.3, 0.4) is 0 Å². The lowest BCUT2D eigenvalue weighted by Crippen LogP contribution is -2.58. The van der Waals surface area contributed by atoms with Gasteiger partial charge in [0.2, 0.25) is 0 Å². The van der Waals surface area contributed by atoms with Crippen molar-refractivity contribution >= 4 is 17.3 Å². The molecule has 2 atom stereocenters. The first kappa shape index (κ1) is 17.7. The van der Waals surface area contributed by atoms with Crippen LogP contribution in [0.15, 0.2) is 30.3 Å². The van der Waals surface area contributed by atoms with E-state index in [4.69, 9.17) is 12.2 Å². The Morgan fingerprint density at radius 1 is 1.17 bits per heavy atom. The molecule has 132 valence electrons. The summed E-state index contributed by atoms with van der Waals surface area (Å²) in [6, 6.07) is 12.5. The van der Waals surface area contributed by atoms with Crippen molar-refractivity contribution in [2.75, 3.05) is 6.54 Å². The van der Waals surface area contributed by atoms with E-state index in [2.05, 4.69) is 53.6 Å². The molecule has 0 radical (unpaired) electrons. The van der Waals surface area contributed by atoms with E-state index in [-0.39, 0.29) is 0 Å². The second kappa shape index (κ2) is 8.30. The van der Waals surface area contributed by atoms with Gasteiger partial charge in [0.05, 0.1) is 0 Å². The van der Waals surface area contributed by atoms with Crippen LogP contribution in [0.25, 0.3) is 0 Å². The molecule has 0 spiro atoms. The van der Waals surface area contributed by atoms with Gasteiger partial charge in [0.1, 0.15) is 0 Å². The molecule has 0 aliphatic carbocycles. The van der Waals surface area contributed by atoms with Gasteiger partial charge in [-0.2, -0.15) is 0 Å². The quantitative estimate of drug-likeness (QED) is 0.796. The van der Waals surface area contributed by atoms with Gasteiger partial charge in [-0.1, -0.05) is 50.6 Å². The summed E-state index contributed by atoms with van der Waals surface area (Å²) in [4.78, 5) is 2.78. The summed E-state index contributed by atoms with van der Waals surface area (Å²) >= 11 is 5.53. The Labute approximate surface area is 152 Å². The van der Waals surface area contributed by atoms with Crippen molar-refractivity contribution in [2.45, 2.75) is 70.6 Å². The summed E-state index contributed by atoms with van der Waals surface area (Å²) < 4.78 is 0. The van der Waals surface area contributed by atoms with Gasteiger partial charge in [0, 0.05) is 31.2 Å². The predicted molar refractivity (Wildman–Crippen MR) is 105 cm³/mol. The monoisotopic (exact) mass is 345 g/mol. The van der Waals surface area contributed by atoms with Gasteiger partial charge in [0.15, 0.2) is 5.11 Å². The highest BCUT2D eigenvalue weighted by molar-refractivity contribution is 7.80. The second-order valence-electron chi connectivity index (χ2n) is 7.81. The predicted octanol–water partition coefficient (Wildman–Crippen LogP) is 3.69. The summed E-state index contributed by atoms with van der Waals surface area (Å²) in [6.07, 6.45) is 6.57. The third-order valence-corrected chi connectivity index (χ3v) is 5.60. The number of benzene rings is 1. The molecule has 3 rings (SSSR count). The molecule has 3 nitrogen and oxygen atoms in total. The van der Waals surface area contributed by atoms with Crippen molar-refractivity contribution in [1.82, 2.24) is 15.5 Å². The molecule has 2 unspecified atom stereocenters. The molecule has 2 aliphatic heterocycles. The zero-order chi connectivity index (χ0) is 16.9. The highest BCUT2D eigenvalue weighted by Gasteiger charge is 2.38. The van der Waals surface area contributed by atoms with E-state index in [1.54, 1.807) is 0 Å². The third-order valence-electron chi connectivity index (χ3n) is 5.33. The minimum Gasteiger partial charge on any atom is -0.360 e. The first-order valence-electron chi connectivity index (χ1n) is 9.46. The minimum atomic E-state index is 0.527. The van der Waals surface area contributed by atoms with E-state index in [1.165, 1.54) is 44.2 Å². The van der Waals surface area contributed by atoms with E-state index in [0.29, 0.717) is 6.04 Å². The summed E-state index contributed by atoms with van der Waals surface area (Å²) in [5.41, 5.74) is 1.27. The zero-order valence-electron chi connectivity index (χ0n) is 15.0. The number of fused-ring (bicyclic) bond motifs is 2. The van der Waals surface area contributed by atoms with Gasteiger partial charge >= 0.3 is 0 Å². The van der Waals surface area contributed by atoms with Gasteiger partial charge in [0.25, 0.3) is 0 Å². The second-order valence-corrected chi connectivity index (χ2v) is 8.22. The number of thiocarbonyl (C=S) groups is 1. The summed E-state index contributed by atoms with van der Waals surface area (Å²) in [6.45, 7) is 6.72. The Balaban J connectivity index is 1.49. The highest BCUT2D eigenvalue weighted by atomic mass is 32.1. The first-order valence-corrected chi connectivity index (χ1v) is 9.86. The average Bonchev–Trinajstić information content (AvgIpc) is 2.54. The number of nitrogens with one attached hydrogen (secondary N) is 2. The van der Waals surface area contributed by atoms with Gasteiger partial charge in [-0.3, -0.25) is 4.90 Å². The Hall–Kier alpha value is -1.13. The normalized spacial score (nSPS) is 27.0. The molecular weight excluding hydrogens is 314 g/mol. The number of piperidine rings is 2. The molecule has 2 fully saturated rings. The molecule has 1 aromatic carbocycles. The molecule has 2 bridgehead atoms. The van der Waals surface area contributed by atoms with E-state index in [0.717, 1.165) is 29.7 Å². The van der Waals surface area contributed by atoms with Gasteiger partial charge < -0.3 is 10.6 Å². The molecule has 0 saturated carbocycles. The van der Waals surface area contributed by atoms with Crippen LogP contribution in [0.4, 0.5) is 0 Å². The van der Waals surface area contributed by atoms with Gasteiger partial charge in [-0.15, -0.1) is 0 Å². The molecule has 2 heterocycles. The van der Waals surface area contributed by atoms with Crippen molar-refractivity contribution in [3.8, 4) is 0 Å². The first-order chi connectivity index (χ1) is 11.6. The van der Waals surface area contributed by atoms with Crippen LogP contribution in [0.5, 0.6) is 0 Å². The SMILES string of the molecule is CC(C)CN1C2CCCC1CC(NC(=S)NCc1ccccc1)C2. The van der Waals surface area contributed by atoms with Crippen LogP contribution in [0.2, 0.25) is 0 Å². The van der Waals surface area contributed by atoms with Gasteiger partial charge in [-0.05, 0) is 49.4 Å². The third kappa shape index (κ3) is 4.70. The molecule has 0 amide bonds. The summed E-state index contributed by atoms with van der Waals surface area (Å²) in [5.74, 6) is 0.756. The Morgan fingerprint density at radius 2 is 1.83 bits per heavy atom. The van der Waals surface area contributed by atoms with Crippen LogP contribution in [0, 0.1) is 5.92 Å². The topological polar surface area (TPSA) is 27.3 Å². The van der Waals surface area contributed by atoms with Crippen LogP contribution >= 0.6 is 12.2 Å². The molecule has 2 N–H and O–H groups in total. The van der Waals surface area contributed by atoms with E-state index in [9.17, 15) is 0 Å². The lowest BCUT2D eigenvalue weighted by molar-refractivity contribution is 0.0190. The maximum absolute atomic E-state index is 5.53. The maximum atomic E-state index is 5.53. The molecule has 2 aliphatic rings. The fraction of sp³-hybridized carbons (Fsp3) is 0.650. The number of hydrogen-bond acceptors (Lipinski definition) is 2. The molecule has 2 saturated heterocycles. The summed E-state index contributed by atoms with van der Waals surface area (Å²) in [7, 11) is 0. The van der Waals surface area contributed by atoms with Crippen molar-refractivity contribution in [3.05, 3.63) is 35.9 Å². The zero-order valence-corrected chi connectivity index (χ0v) is 15.8. The van der Waals surface area contributed by atoms with Crippen LogP contribution in [0.1, 0.15) is 51.5 Å². The molecule has 1 aromatic rings. The minimum absolute atomic E-state index is 0.527. The standard InChI is InChI=1S/C20H31N3S/c1-15(2)14-23-18-9-6-10-19(23)12-17(11-18)22-20(24)21-13-16-7-4-3-5-8-16/h3-5,7-8,15,17-19H,6,9-14H2,1-2H3,(H2,21,22,24). The lowest BCUT2D eigenvalue weighted by Gasteiger charge is -2.49. The summed E-state index contributed by atoms with van der Waals surface area (Å²) in [5, 5.41) is 7.75. The Bertz CT molecular complexity index is 517. The van der Waals surface area contributed by atoms with Crippen molar-refractivity contribution in [1.29, 1.82) is 0 Å². The number of hydrogen-bond donors (Lipinski definition) is 2. The average molecular weight is 346 g/mol. The van der Waals surface area contributed by atoms with Crippen LogP contribution in [-0.2, 0) is 6.54 Å². The molecule has 4 heteroatoms. The number of rotatable bonds is 5. The smallest absolute Gasteiger partial charge is 0.166 e. The van der Waals surface area contributed by atoms with Crippen molar-refractivity contribution < 1.29 is 0 Å². The van der Waals surface area contributed by atoms with Crippen molar-refractivity contribution in [2.24, 2.45) is 5.92 Å². The van der Waals surface area contributed by atoms with Crippen molar-refractivity contribution in [3.63, 3.8) is 0 Å². The highest BCUT2D eigenvalue weighted by Crippen LogP contribution is 2.34. The van der Waals surface area contributed by atoms with Crippen LogP contribution in [-0.4, -0.2) is 34.7 Å². The fourth-order valence-electron chi connectivity index (χ4n) is 4.33. The molecular formula is C20H31N3S. The van der Waals surface area contributed by atoms with E-state index in [1.807, 2.05) is 6.07 Å². The Kier molecular flexibility index (Phi) is 6.12. The largest absolute Gasteiger partial charge is 0.360 e. The van der Waals surface area contributed by atoms with E-state index >= 15 is 0 Å². The molecule has 0 aromatic heterocycles. The number of nitrogens with zero attached hydrogens (tertiary/aromatic N) is 1. The molecule has 24 heavy (non-hydrogen) atoms. The fourth-order valence-corrected chi connectivity index (χ4v) is 4.57. The lowest BCUT2D eigenvalue weighted by atomic mass is 9.81. The van der Waals surface area contributed by atoms with Gasteiger partial charge in [-0.25, -0.2) is 0 Å². The Morgan fingerprint density at radius 3 is 2.46 bits per heavy atom. The maximum Gasteiger partial charge on any atom is 0.166 e. The van der Waals surface area contributed by atoms with E-state index < -0.39 is 0 Å². The van der Waals surface area contributed by atoms with Crippen LogP contribution < -0.4 is 10.6 Å².